The van der Waals surface area contributed by atoms with Crippen LogP contribution in [0.2, 0.25) is 0 Å². The molecule has 0 aromatic rings. The van der Waals surface area contributed by atoms with Crippen LogP contribution >= 0.6 is 11.8 Å². The van der Waals surface area contributed by atoms with Gasteiger partial charge in [-0.2, -0.15) is 11.8 Å². The van der Waals surface area contributed by atoms with Gasteiger partial charge in [-0.05, 0) is 64.0 Å². The molecule has 0 saturated heterocycles. The first kappa shape index (κ1) is 24.3. The zero-order valence-corrected chi connectivity index (χ0v) is 19.0. The lowest BCUT2D eigenvalue weighted by Gasteiger charge is -2.33. The SMILES string of the molecule is CCC(C)(CCCSC(C)(C)CC(C)(C)C)OCCC(C)(C)OC. The van der Waals surface area contributed by atoms with Crippen molar-refractivity contribution in [1.29, 1.82) is 0 Å². The van der Waals surface area contributed by atoms with E-state index >= 15 is 0 Å². The second-order valence-electron chi connectivity index (χ2n) is 9.81. The summed E-state index contributed by atoms with van der Waals surface area (Å²) < 4.78 is 12.1. The highest BCUT2D eigenvalue weighted by atomic mass is 32.2. The standard InChI is InChI=1S/C21H44O2S/c1-11-21(9,23-15-14-19(5,6)22-10)13-12-16-24-20(7,8)17-18(2,3)4/h11-17H2,1-10H3. The number of hydrogen-bond acceptors (Lipinski definition) is 3. The van der Waals surface area contributed by atoms with E-state index in [1.165, 1.54) is 18.6 Å². The molecule has 3 heteroatoms. The molecule has 24 heavy (non-hydrogen) atoms. The summed E-state index contributed by atoms with van der Waals surface area (Å²) in [6.07, 6.45) is 5.60. The van der Waals surface area contributed by atoms with Crippen LogP contribution in [0.4, 0.5) is 0 Å². The van der Waals surface area contributed by atoms with Crippen molar-refractivity contribution in [3.8, 4) is 0 Å². The van der Waals surface area contributed by atoms with Crippen LogP contribution in [0.25, 0.3) is 0 Å². The summed E-state index contributed by atoms with van der Waals surface area (Å²) in [6, 6.07) is 0. The summed E-state index contributed by atoms with van der Waals surface area (Å²) in [5.74, 6) is 1.21. The van der Waals surface area contributed by atoms with E-state index in [1.54, 1.807) is 7.11 Å². The number of hydrogen-bond donors (Lipinski definition) is 0. The Kier molecular flexibility index (Phi) is 9.94. The van der Waals surface area contributed by atoms with Crippen molar-refractivity contribution < 1.29 is 9.47 Å². The third kappa shape index (κ3) is 11.8. The average Bonchev–Trinajstić information content (AvgIpc) is 2.41. The minimum Gasteiger partial charge on any atom is -0.379 e. The van der Waals surface area contributed by atoms with Gasteiger partial charge < -0.3 is 9.47 Å². The van der Waals surface area contributed by atoms with Crippen molar-refractivity contribution in [3.63, 3.8) is 0 Å². The molecule has 146 valence electrons. The molecule has 0 N–H and O–H groups in total. The van der Waals surface area contributed by atoms with Gasteiger partial charge in [0.25, 0.3) is 0 Å². The first-order valence-corrected chi connectivity index (χ1v) is 10.6. The maximum atomic E-state index is 6.24. The Morgan fingerprint density at radius 2 is 1.46 bits per heavy atom. The third-order valence-corrected chi connectivity index (χ3v) is 6.17. The van der Waals surface area contributed by atoms with Crippen molar-refractivity contribution in [1.82, 2.24) is 0 Å². The highest BCUT2D eigenvalue weighted by Gasteiger charge is 2.27. The molecule has 1 unspecified atom stereocenters. The Labute approximate surface area is 156 Å². The Morgan fingerprint density at radius 3 is 1.92 bits per heavy atom. The molecule has 0 aliphatic rings. The van der Waals surface area contributed by atoms with Gasteiger partial charge in [-0.1, -0.05) is 41.5 Å². The number of thioether (sulfide) groups is 1. The number of methoxy groups -OCH3 is 1. The minimum absolute atomic E-state index is 0.00144. The van der Waals surface area contributed by atoms with Gasteiger partial charge in [0, 0.05) is 11.9 Å². The summed E-state index contributed by atoms with van der Waals surface area (Å²) in [7, 11) is 1.77. The third-order valence-electron chi connectivity index (χ3n) is 4.75. The smallest absolute Gasteiger partial charge is 0.0652 e. The Hall–Kier alpha value is 0.270. The molecular formula is C21H44O2S. The molecule has 2 nitrogen and oxygen atoms in total. The van der Waals surface area contributed by atoms with Gasteiger partial charge >= 0.3 is 0 Å². The van der Waals surface area contributed by atoms with Crippen LogP contribution in [0.3, 0.4) is 0 Å². The fourth-order valence-electron chi connectivity index (χ4n) is 3.12. The van der Waals surface area contributed by atoms with Gasteiger partial charge in [0.05, 0.1) is 17.8 Å². The van der Waals surface area contributed by atoms with Crippen LogP contribution < -0.4 is 0 Å². The number of ether oxygens (including phenoxy) is 2. The highest BCUT2D eigenvalue weighted by Crippen LogP contribution is 2.37. The van der Waals surface area contributed by atoms with E-state index in [9.17, 15) is 0 Å². The van der Waals surface area contributed by atoms with Gasteiger partial charge in [0.2, 0.25) is 0 Å². The van der Waals surface area contributed by atoms with Gasteiger partial charge in [-0.15, -0.1) is 0 Å². The average molecular weight is 361 g/mol. The van der Waals surface area contributed by atoms with Crippen molar-refractivity contribution in [2.75, 3.05) is 19.5 Å². The molecule has 0 rings (SSSR count). The van der Waals surface area contributed by atoms with Crippen molar-refractivity contribution >= 4 is 11.8 Å². The fraction of sp³-hybridized carbons (Fsp3) is 1.00. The summed E-state index contributed by atoms with van der Waals surface area (Å²) >= 11 is 2.11. The topological polar surface area (TPSA) is 18.5 Å². The maximum Gasteiger partial charge on any atom is 0.0652 e. The molecule has 0 saturated carbocycles. The van der Waals surface area contributed by atoms with E-state index < -0.39 is 0 Å². The fourth-order valence-corrected chi connectivity index (χ4v) is 4.50. The molecule has 1 atom stereocenters. The summed E-state index contributed by atoms with van der Waals surface area (Å²) in [4.78, 5) is 0. The molecular weight excluding hydrogens is 316 g/mol. The molecule has 0 spiro atoms. The van der Waals surface area contributed by atoms with Gasteiger partial charge in [-0.3, -0.25) is 0 Å². The largest absolute Gasteiger partial charge is 0.379 e. The first-order chi connectivity index (χ1) is 10.7. The molecule has 0 aliphatic carbocycles. The molecule has 0 amide bonds. The summed E-state index contributed by atoms with van der Waals surface area (Å²) in [6.45, 7) is 21.3. The predicted octanol–water partition coefficient (Wildman–Crippen LogP) is 6.72. The van der Waals surface area contributed by atoms with Crippen molar-refractivity contribution in [3.05, 3.63) is 0 Å². The van der Waals surface area contributed by atoms with Crippen LogP contribution in [0.15, 0.2) is 0 Å². The van der Waals surface area contributed by atoms with Crippen LogP contribution in [-0.2, 0) is 9.47 Å². The Balaban J connectivity index is 4.20. The molecule has 0 heterocycles. The normalized spacial score (nSPS) is 16.2. The quantitative estimate of drug-likeness (QED) is 0.360. The van der Waals surface area contributed by atoms with E-state index in [0.717, 1.165) is 25.9 Å². The molecule has 0 aromatic heterocycles. The summed E-state index contributed by atoms with van der Waals surface area (Å²) in [5.41, 5.74) is 0.297. The van der Waals surface area contributed by atoms with E-state index in [-0.39, 0.29) is 11.2 Å². The molecule has 0 bridgehead atoms. The highest BCUT2D eigenvalue weighted by molar-refractivity contribution is 8.00. The molecule has 0 radical (unpaired) electrons. The van der Waals surface area contributed by atoms with E-state index in [4.69, 9.17) is 9.47 Å². The van der Waals surface area contributed by atoms with Crippen molar-refractivity contribution in [2.24, 2.45) is 5.41 Å². The lowest BCUT2D eigenvalue weighted by Crippen LogP contribution is -2.32. The van der Waals surface area contributed by atoms with E-state index in [2.05, 4.69) is 74.1 Å². The van der Waals surface area contributed by atoms with E-state index in [1.807, 2.05) is 0 Å². The van der Waals surface area contributed by atoms with E-state index in [0.29, 0.717) is 10.2 Å². The minimum atomic E-state index is -0.0958. The number of rotatable bonds is 12. The van der Waals surface area contributed by atoms with Crippen molar-refractivity contribution in [2.45, 2.75) is 110 Å². The van der Waals surface area contributed by atoms with Crippen LogP contribution in [0.5, 0.6) is 0 Å². The maximum absolute atomic E-state index is 6.24. The first-order valence-electron chi connectivity index (χ1n) is 9.57. The van der Waals surface area contributed by atoms with Crippen LogP contribution in [0.1, 0.15) is 94.4 Å². The summed E-state index contributed by atoms with van der Waals surface area (Å²) in [5, 5.41) is 0. The molecule has 0 aliphatic heterocycles. The lowest BCUT2D eigenvalue weighted by atomic mass is 9.86. The zero-order chi connectivity index (χ0) is 19.1. The van der Waals surface area contributed by atoms with Gasteiger partial charge in [-0.25, -0.2) is 0 Å². The monoisotopic (exact) mass is 360 g/mol. The lowest BCUT2D eigenvalue weighted by molar-refractivity contribution is -0.0717. The molecule has 0 fully saturated rings. The predicted molar refractivity (Wildman–Crippen MR) is 110 cm³/mol. The molecule has 0 aromatic carbocycles. The van der Waals surface area contributed by atoms with Gasteiger partial charge in [0.15, 0.2) is 0 Å². The van der Waals surface area contributed by atoms with Crippen LogP contribution in [-0.4, -0.2) is 35.4 Å². The van der Waals surface area contributed by atoms with Gasteiger partial charge in [0.1, 0.15) is 0 Å². The van der Waals surface area contributed by atoms with Crippen LogP contribution in [0, 0.1) is 5.41 Å². The second kappa shape index (κ2) is 9.83. The Bertz CT molecular complexity index is 344. The second-order valence-corrected chi connectivity index (χ2v) is 11.6. The zero-order valence-electron chi connectivity index (χ0n) is 18.2. The Morgan fingerprint density at radius 1 is 0.875 bits per heavy atom.